The van der Waals surface area contributed by atoms with Gasteiger partial charge in [0, 0.05) is 41.2 Å². The van der Waals surface area contributed by atoms with Crippen molar-refractivity contribution in [3.8, 4) is 11.5 Å². The lowest BCUT2D eigenvalue weighted by molar-refractivity contribution is -0.134. The van der Waals surface area contributed by atoms with Gasteiger partial charge in [0.2, 0.25) is 0 Å². The quantitative estimate of drug-likeness (QED) is 0.760. The number of hydrogen-bond donors (Lipinski definition) is 1. The molecule has 0 unspecified atom stereocenters. The fraction of sp³-hybridized carbons (Fsp3) is 0.250. The maximum absolute atomic E-state index is 12.6. The van der Waals surface area contributed by atoms with E-state index in [0.717, 1.165) is 28.6 Å². The molecule has 0 bridgehead atoms. The number of para-hydroxylation sites is 1. The predicted molar refractivity (Wildman–Crippen MR) is 101 cm³/mol. The summed E-state index contributed by atoms with van der Waals surface area (Å²) < 4.78 is 11.0. The summed E-state index contributed by atoms with van der Waals surface area (Å²) in [6, 6.07) is 13.0. The molecule has 6 heteroatoms. The van der Waals surface area contributed by atoms with Crippen molar-refractivity contribution >= 4 is 28.4 Å². The highest BCUT2D eigenvalue weighted by atomic mass is 35.5. The summed E-state index contributed by atoms with van der Waals surface area (Å²) >= 11 is 5.86. The van der Waals surface area contributed by atoms with Crippen LogP contribution in [0.2, 0.25) is 5.02 Å². The number of nitrogens with one attached hydrogen (secondary N) is 1. The Hall–Kier alpha value is -2.66. The molecule has 2 aromatic carbocycles. The molecule has 0 radical (unpaired) electrons. The molecule has 134 valence electrons. The van der Waals surface area contributed by atoms with Crippen LogP contribution in [0.1, 0.15) is 11.3 Å². The smallest absolute Gasteiger partial charge is 0.260 e. The number of hydrogen-bond acceptors (Lipinski definition) is 3. The summed E-state index contributed by atoms with van der Waals surface area (Å²) in [6.07, 6.45) is 0.792. The minimum Gasteiger partial charge on any atom is -0.495 e. The summed E-state index contributed by atoms with van der Waals surface area (Å²) in [6.45, 7) is 1.26. The van der Waals surface area contributed by atoms with Gasteiger partial charge in [-0.3, -0.25) is 4.79 Å². The van der Waals surface area contributed by atoms with Gasteiger partial charge in [-0.1, -0.05) is 23.7 Å². The number of nitrogens with zero attached hydrogens (tertiary/aromatic N) is 1. The molecule has 4 rings (SSSR count). The van der Waals surface area contributed by atoms with E-state index in [4.69, 9.17) is 21.1 Å². The third-order valence-electron chi connectivity index (χ3n) is 4.72. The van der Waals surface area contributed by atoms with Crippen molar-refractivity contribution < 1.29 is 14.3 Å². The Kier molecular flexibility index (Phi) is 4.47. The Labute approximate surface area is 156 Å². The fourth-order valence-corrected chi connectivity index (χ4v) is 3.49. The molecule has 3 aromatic rings. The van der Waals surface area contributed by atoms with E-state index in [0.29, 0.717) is 23.9 Å². The van der Waals surface area contributed by atoms with E-state index in [-0.39, 0.29) is 12.5 Å². The first-order valence-corrected chi connectivity index (χ1v) is 8.86. The molecular formula is C20H19ClN2O3. The van der Waals surface area contributed by atoms with E-state index in [1.54, 1.807) is 31.4 Å². The highest BCUT2D eigenvalue weighted by Gasteiger charge is 2.25. The molecule has 0 fully saturated rings. The van der Waals surface area contributed by atoms with E-state index >= 15 is 0 Å². The van der Waals surface area contributed by atoms with Crippen molar-refractivity contribution in [1.82, 2.24) is 9.88 Å². The number of amides is 1. The lowest BCUT2D eigenvalue weighted by atomic mass is 10.0. The summed E-state index contributed by atoms with van der Waals surface area (Å²) in [5, 5.41) is 1.75. The molecule has 0 spiro atoms. The van der Waals surface area contributed by atoms with Crippen LogP contribution in [-0.4, -0.2) is 36.1 Å². The summed E-state index contributed by atoms with van der Waals surface area (Å²) in [5.41, 5.74) is 3.32. The monoisotopic (exact) mass is 370 g/mol. The number of carbonyl (C=O) groups is 1. The second-order valence-electron chi connectivity index (χ2n) is 6.27. The molecule has 1 aromatic heterocycles. The standard InChI is InChI=1S/C20H19ClN2O3/c1-25-18-4-2-3-15-16-11-23(10-9-17(16)22-20(15)18)19(24)12-26-14-7-5-13(21)6-8-14/h2-8,22H,9-12H2,1H3. The normalized spacial score (nSPS) is 13.5. The number of aromatic nitrogens is 1. The van der Waals surface area contributed by atoms with Crippen molar-refractivity contribution in [3.05, 3.63) is 58.7 Å². The second kappa shape index (κ2) is 6.92. The van der Waals surface area contributed by atoms with Crippen LogP contribution in [0.3, 0.4) is 0 Å². The zero-order valence-corrected chi connectivity index (χ0v) is 15.2. The van der Waals surface area contributed by atoms with E-state index in [1.807, 2.05) is 17.0 Å². The maximum atomic E-state index is 12.6. The number of rotatable bonds is 4. The zero-order valence-electron chi connectivity index (χ0n) is 14.4. The Morgan fingerprint density at radius 1 is 1.23 bits per heavy atom. The van der Waals surface area contributed by atoms with E-state index in [2.05, 4.69) is 11.1 Å². The van der Waals surface area contributed by atoms with Crippen LogP contribution in [-0.2, 0) is 17.8 Å². The fourth-order valence-electron chi connectivity index (χ4n) is 3.36. The zero-order chi connectivity index (χ0) is 18.1. The molecule has 1 N–H and O–H groups in total. The molecule has 0 saturated carbocycles. The average molecular weight is 371 g/mol. The average Bonchev–Trinajstić information content (AvgIpc) is 3.05. The van der Waals surface area contributed by atoms with Crippen LogP contribution in [0.4, 0.5) is 0 Å². The van der Waals surface area contributed by atoms with Gasteiger partial charge in [-0.25, -0.2) is 0 Å². The van der Waals surface area contributed by atoms with Crippen LogP contribution in [0.5, 0.6) is 11.5 Å². The number of H-pyrrole nitrogens is 1. The Morgan fingerprint density at radius 3 is 2.81 bits per heavy atom. The van der Waals surface area contributed by atoms with Crippen molar-refractivity contribution in [2.45, 2.75) is 13.0 Å². The van der Waals surface area contributed by atoms with Crippen molar-refractivity contribution in [2.24, 2.45) is 0 Å². The number of ether oxygens (including phenoxy) is 2. The molecule has 0 atom stereocenters. The highest BCUT2D eigenvalue weighted by Crippen LogP contribution is 2.32. The van der Waals surface area contributed by atoms with Gasteiger partial charge in [0.25, 0.3) is 5.91 Å². The molecule has 1 aliphatic heterocycles. The van der Waals surface area contributed by atoms with E-state index in [9.17, 15) is 4.79 Å². The third-order valence-corrected chi connectivity index (χ3v) is 4.97. The van der Waals surface area contributed by atoms with Gasteiger partial charge in [0.05, 0.1) is 12.6 Å². The van der Waals surface area contributed by atoms with Crippen molar-refractivity contribution in [2.75, 3.05) is 20.3 Å². The van der Waals surface area contributed by atoms with E-state index < -0.39 is 0 Å². The van der Waals surface area contributed by atoms with Gasteiger partial charge in [-0.15, -0.1) is 0 Å². The van der Waals surface area contributed by atoms with Crippen LogP contribution in [0.25, 0.3) is 10.9 Å². The number of methoxy groups -OCH3 is 1. The summed E-state index contributed by atoms with van der Waals surface area (Å²) in [4.78, 5) is 17.9. The van der Waals surface area contributed by atoms with Crippen LogP contribution >= 0.6 is 11.6 Å². The van der Waals surface area contributed by atoms with Gasteiger partial charge in [0.1, 0.15) is 11.5 Å². The number of benzene rings is 2. The van der Waals surface area contributed by atoms with Gasteiger partial charge < -0.3 is 19.4 Å². The van der Waals surface area contributed by atoms with Gasteiger partial charge in [-0.2, -0.15) is 0 Å². The van der Waals surface area contributed by atoms with Crippen molar-refractivity contribution in [3.63, 3.8) is 0 Å². The second-order valence-corrected chi connectivity index (χ2v) is 6.71. The molecular weight excluding hydrogens is 352 g/mol. The number of halogens is 1. The van der Waals surface area contributed by atoms with Gasteiger partial charge >= 0.3 is 0 Å². The largest absolute Gasteiger partial charge is 0.495 e. The summed E-state index contributed by atoms with van der Waals surface area (Å²) in [7, 11) is 1.67. The first-order chi connectivity index (χ1) is 12.7. The van der Waals surface area contributed by atoms with E-state index in [1.165, 1.54) is 5.69 Å². The molecule has 1 amide bonds. The van der Waals surface area contributed by atoms with Crippen LogP contribution in [0, 0.1) is 0 Å². The highest BCUT2D eigenvalue weighted by molar-refractivity contribution is 6.30. The molecule has 26 heavy (non-hydrogen) atoms. The Bertz CT molecular complexity index is 950. The first kappa shape index (κ1) is 16.8. The van der Waals surface area contributed by atoms with Crippen LogP contribution < -0.4 is 9.47 Å². The molecule has 1 aliphatic rings. The topological polar surface area (TPSA) is 54.6 Å². The minimum atomic E-state index is -0.0251. The Morgan fingerprint density at radius 2 is 2.04 bits per heavy atom. The lowest BCUT2D eigenvalue weighted by Gasteiger charge is -2.27. The number of aromatic amines is 1. The molecule has 2 heterocycles. The third kappa shape index (κ3) is 3.10. The summed E-state index contributed by atoms with van der Waals surface area (Å²) in [5.74, 6) is 1.43. The van der Waals surface area contributed by atoms with Crippen molar-refractivity contribution in [1.29, 1.82) is 0 Å². The SMILES string of the molecule is COc1cccc2c3c([nH]c12)CCN(C(=O)COc1ccc(Cl)cc1)C3. The molecule has 0 aliphatic carbocycles. The number of fused-ring (bicyclic) bond motifs is 3. The van der Waals surface area contributed by atoms with Crippen LogP contribution in [0.15, 0.2) is 42.5 Å². The first-order valence-electron chi connectivity index (χ1n) is 8.48. The minimum absolute atomic E-state index is 0.0165. The molecule has 0 saturated heterocycles. The van der Waals surface area contributed by atoms with Gasteiger partial charge in [-0.05, 0) is 30.3 Å². The predicted octanol–water partition coefficient (Wildman–Crippen LogP) is 3.79. The Balaban J connectivity index is 1.49. The van der Waals surface area contributed by atoms with Gasteiger partial charge in [0.15, 0.2) is 6.61 Å². The number of carbonyl (C=O) groups excluding carboxylic acids is 1. The maximum Gasteiger partial charge on any atom is 0.260 e. The molecule has 5 nitrogen and oxygen atoms in total. The lowest BCUT2D eigenvalue weighted by Crippen LogP contribution is -2.38.